The Bertz CT molecular complexity index is 287. The number of rotatable bonds is 11. The first-order valence-corrected chi connectivity index (χ1v) is 13.4. The van der Waals surface area contributed by atoms with Crippen LogP contribution in [-0.2, 0) is 22.8 Å². The number of hydrogen-bond donors (Lipinski definition) is 0. The minimum atomic E-state index is -1.25. The first kappa shape index (κ1) is 19.7. The lowest BCUT2D eigenvalue weighted by Crippen LogP contribution is -2.46. The zero-order chi connectivity index (χ0) is 15.6. The van der Waals surface area contributed by atoms with Crippen LogP contribution in [0.25, 0.3) is 0 Å². The predicted molar refractivity (Wildman–Crippen MR) is 88.9 cm³/mol. The molecule has 8 heteroatoms. The Morgan fingerprint density at radius 2 is 1.80 bits per heavy atom. The van der Waals surface area contributed by atoms with E-state index in [1.807, 2.05) is 0 Å². The lowest BCUT2D eigenvalue weighted by Gasteiger charge is -2.37. The van der Waals surface area contributed by atoms with Gasteiger partial charge in [0, 0.05) is 12.5 Å². The topological polar surface area (TPSA) is 54.0 Å². The number of ether oxygens (including phenoxy) is 1. The summed E-state index contributed by atoms with van der Waals surface area (Å²) in [5, 5.41) is 0. The Labute approximate surface area is 128 Å². The summed E-state index contributed by atoms with van der Waals surface area (Å²) in [5.74, 6) is -1.05. The maximum Gasteiger partial charge on any atom is 0.330 e. The van der Waals surface area contributed by atoms with E-state index in [-0.39, 0.29) is 0 Å². The molecule has 0 saturated carbocycles. The summed E-state index contributed by atoms with van der Waals surface area (Å²) in [4.78, 5) is 11.0. The van der Waals surface area contributed by atoms with Gasteiger partial charge < -0.3 is 18.0 Å². The van der Waals surface area contributed by atoms with Gasteiger partial charge in [-0.3, -0.25) is 0 Å². The molecule has 0 aromatic rings. The zero-order valence-corrected chi connectivity index (χ0v) is 17.6. The summed E-state index contributed by atoms with van der Waals surface area (Å²) in [7, 11) is -1.86. The van der Waals surface area contributed by atoms with Crippen molar-refractivity contribution in [2.75, 3.05) is 13.2 Å². The molecule has 118 valence electrons. The highest BCUT2D eigenvalue weighted by Crippen LogP contribution is 2.23. The molecule has 0 aromatic carbocycles. The van der Waals surface area contributed by atoms with Gasteiger partial charge in [-0.05, 0) is 32.6 Å². The van der Waals surface area contributed by atoms with E-state index >= 15 is 0 Å². The molecule has 5 nitrogen and oxygen atoms in total. The van der Waals surface area contributed by atoms with Gasteiger partial charge in [-0.15, -0.1) is 0 Å². The van der Waals surface area contributed by atoms with E-state index in [1.165, 1.54) is 6.08 Å². The Kier molecular flexibility index (Phi) is 10.3. The Morgan fingerprint density at radius 3 is 2.20 bits per heavy atom. The van der Waals surface area contributed by atoms with E-state index in [2.05, 4.69) is 32.8 Å². The lowest BCUT2D eigenvalue weighted by molar-refractivity contribution is -0.154. The fourth-order valence-corrected chi connectivity index (χ4v) is 4.69. The van der Waals surface area contributed by atoms with E-state index in [0.717, 1.165) is 0 Å². The lowest BCUT2D eigenvalue weighted by atomic mass is 10.1. The van der Waals surface area contributed by atoms with Gasteiger partial charge in [0.25, 0.3) is 0 Å². The molecule has 0 bridgehead atoms. The molecule has 0 heterocycles. The van der Waals surface area contributed by atoms with Gasteiger partial charge in [-0.1, -0.05) is 6.58 Å². The van der Waals surface area contributed by atoms with E-state index in [4.69, 9.17) is 18.0 Å². The molecule has 0 radical (unpaired) electrons. The number of carbonyl (C=O) groups is 1. The van der Waals surface area contributed by atoms with Crippen LogP contribution in [0.15, 0.2) is 12.7 Å². The van der Waals surface area contributed by atoms with E-state index in [9.17, 15) is 4.79 Å². The van der Waals surface area contributed by atoms with Crippen molar-refractivity contribution < 1.29 is 22.8 Å². The van der Waals surface area contributed by atoms with Crippen molar-refractivity contribution in [1.82, 2.24) is 0 Å². The molecule has 0 N–H and O–H groups in total. The largest absolute Gasteiger partial charge is 0.463 e. The highest BCUT2D eigenvalue weighted by molar-refractivity contribution is 6.49. The van der Waals surface area contributed by atoms with Crippen LogP contribution in [0.2, 0.25) is 26.2 Å². The fourth-order valence-electron chi connectivity index (χ4n) is 1.94. The maximum atomic E-state index is 11.0. The molecule has 0 saturated heterocycles. The third-order valence-electron chi connectivity index (χ3n) is 2.38. The van der Waals surface area contributed by atoms with Crippen LogP contribution < -0.4 is 0 Å². The standard InChI is InChI=1S/C12H28O5Si3/c1-6-11(13)14-9-7-8-12(10-15-18,16-19(2)3)17-20(4)5/h6,19-20H,1,7-10H2,2-5,18H3. The van der Waals surface area contributed by atoms with Gasteiger partial charge in [0.15, 0.2) is 23.9 Å². The van der Waals surface area contributed by atoms with Gasteiger partial charge >= 0.3 is 5.97 Å². The van der Waals surface area contributed by atoms with Gasteiger partial charge in [0.2, 0.25) is 0 Å². The highest BCUT2D eigenvalue weighted by Gasteiger charge is 2.33. The average Bonchev–Trinajstić information content (AvgIpc) is 2.33. The molecule has 0 rings (SSSR count). The van der Waals surface area contributed by atoms with Gasteiger partial charge in [-0.2, -0.15) is 0 Å². The molecular weight excluding hydrogens is 308 g/mol. The summed E-state index contributed by atoms with van der Waals surface area (Å²) in [5.41, 5.74) is 0. The van der Waals surface area contributed by atoms with Crippen molar-refractivity contribution >= 4 is 34.5 Å². The van der Waals surface area contributed by atoms with Gasteiger partial charge in [0.05, 0.1) is 13.2 Å². The van der Waals surface area contributed by atoms with Crippen molar-refractivity contribution in [2.45, 2.75) is 44.8 Å². The number of hydrogen-bond acceptors (Lipinski definition) is 5. The van der Waals surface area contributed by atoms with Gasteiger partial charge in [-0.25, -0.2) is 4.79 Å². The fraction of sp³-hybridized carbons (Fsp3) is 0.750. The smallest absolute Gasteiger partial charge is 0.330 e. The first-order chi connectivity index (χ1) is 9.35. The summed E-state index contributed by atoms with van der Waals surface area (Å²) >= 11 is 0. The second-order valence-electron chi connectivity index (χ2n) is 5.15. The van der Waals surface area contributed by atoms with Gasteiger partial charge in [0.1, 0.15) is 10.5 Å². The molecule has 0 aliphatic rings. The van der Waals surface area contributed by atoms with Crippen LogP contribution in [-0.4, -0.2) is 53.5 Å². The van der Waals surface area contributed by atoms with Crippen LogP contribution in [0.3, 0.4) is 0 Å². The molecule has 0 spiro atoms. The quantitative estimate of drug-likeness (QED) is 0.181. The summed E-state index contributed by atoms with van der Waals surface area (Å²) in [6.45, 7) is 12.6. The second-order valence-corrected chi connectivity index (χ2v) is 10.4. The molecule has 0 atom stereocenters. The third kappa shape index (κ3) is 8.82. The first-order valence-electron chi connectivity index (χ1n) is 6.99. The normalized spacial score (nSPS) is 12.1. The molecule has 0 amide bonds. The van der Waals surface area contributed by atoms with Crippen molar-refractivity contribution in [3.63, 3.8) is 0 Å². The summed E-state index contributed by atoms with van der Waals surface area (Å²) in [6, 6.07) is 0. The maximum absolute atomic E-state index is 11.0. The summed E-state index contributed by atoms with van der Waals surface area (Å²) < 4.78 is 22.6. The second kappa shape index (κ2) is 10.5. The summed E-state index contributed by atoms with van der Waals surface area (Å²) in [6.07, 6.45) is 2.53. The SMILES string of the molecule is C=CC(=O)OCCCC(CO[SiH3])(O[SiH](C)C)O[SiH](C)C. The minimum absolute atomic E-state index is 0.347. The molecule has 0 fully saturated rings. The molecular formula is C12H28O5Si3. The van der Waals surface area contributed by atoms with E-state index < -0.39 is 29.8 Å². The monoisotopic (exact) mass is 336 g/mol. The zero-order valence-electron chi connectivity index (χ0n) is 13.3. The predicted octanol–water partition coefficient (Wildman–Crippen LogP) is 0.489. The Balaban J connectivity index is 4.54. The van der Waals surface area contributed by atoms with E-state index in [0.29, 0.717) is 36.5 Å². The Morgan fingerprint density at radius 1 is 1.25 bits per heavy atom. The average molecular weight is 337 g/mol. The van der Waals surface area contributed by atoms with Crippen molar-refractivity contribution in [3.05, 3.63) is 12.7 Å². The molecule has 20 heavy (non-hydrogen) atoms. The molecule has 0 aliphatic carbocycles. The van der Waals surface area contributed by atoms with E-state index in [1.54, 1.807) is 0 Å². The van der Waals surface area contributed by atoms with Crippen LogP contribution in [0.1, 0.15) is 12.8 Å². The Hall–Kier alpha value is -0.259. The third-order valence-corrected chi connectivity index (χ3v) is 4.47. The van der Waals surface area contributed by atoms with Crippen molar-refractivity contribution in [1.29, 1.82) is 0 Å². The minimum Gasteiger partial charge on any atom is -0.463 e. The van der Waals surface area contributed by atoms with Crippen LogP contribution in [0.4, 0.5) is 0 Å². The van der Waals surface area contributed by atoms with Crippen molar-refractivity contribution in [3.8, 4) is 0 Å². The number of esters is 1. The highest BCUT2D eigenvalue weighted by atomic mass is 28.3. The molecule has 0 aromatic heterocycles. The molecule has 0 aliphatic heterocycles. The van der Waals surface area contributed by atoms with Crippen molar-refractivity contribution in [2.24, 2.45) is 0 Å². The van der Waals surface area contributed by atoms with Crippen LogP contribution >= 0.6 is 0 Å². The number of carbonyl (C=O) groups excluding carboxylic acids is 1. The van der Waals surface area contributed by atoms with Crippen LogP contribution in [0, 0.1) is 0 Å². The van der Waals surface area contributed by atoms with Crippen LogP contribution in [0.5, 0.6) is 0 Å². The molecule has 0 unspecified atom stereocenters.